The van der Waals surface area contributed by atoms with Crippen molar-refractivity contribution in [2.45, 2.75) is 33.3 Å². The second kappa shape index (κ2) is 10.0. The molecule has 1 atom stereocenters. The Morgan fingerprint density at radius 2 is 2.04 bits per heavy atom. The third kappa shape index (κ3) is 6.04. The van der Waals surface area contributed by atoms with E-state index in [1.807, 2.05) is 6.92 Å². The molecule has 1 rings (SSSR count). The highest BCUT2D eigenvalue weighted by Crippen LogP contribution is 2.34. The standard InChI is InChI=1S/C17H18Cl2N2O4/c1-4-7-24-16(22)11(8-20)9-21-13-6-5-12(18)14(15(13)19)17(23)25-10(2)3/h5-6,9-11H,4,7H2,1-3H3. The Kier molecular flexibility index (Phi) is 8.39. The number of hydrogen-bond donors (Lipinski definition) is 0. The average Bonchev–Trinajstić information content (AvgIpc) is 2.54. The van der Waals surface area contributed by atoms with Crippen LogP contribution in [0.4, 0.5) is 5.69 Å². The van der Waals surface area contributed by atoms with E-state index in [1.54, 1.807) is 19.9 Å². The number of hydrogen-bond acceptors (Lipinski definition) is 6. The summed E-state index contributed by atoms with van der Waals surface area (Å²) < 4.78 is 10.0. The lowest BCUT2D eigenvalue weighted by Crippen LogP contribution is -2.17. The molecule has 0 fully saturated rings. The van der Waals surface area contributed by atoms with E-state index in [0.717, 1.165) is 6.21 Å². The van der Waals surface area contributed by atoms with Crippen molar-refractivity contribution in [2.24, 2.45) is 10.9 Å². The first-order chi connectivity index (χ1) is 11.8. The summed E-state index contributed by atoms with van der Waals surface area (Å²) in [6.07, 6.45) is 1.42. The Labute approximate surface area is 156 Å². The second-order valence-corrected chi connectivity index (χ2v) is 6.05. The smallest absolute Gasteiger partial charge is 0.341 e. The Bertz CT molecular complexity index is 711. The van der Waals surface area contributed by atoms with Crippen molar-refractivity contribution in [3.8, 4) is 6.07 Å². The molecule has 25 heavy (non-hydrogen) atoms. The first kappa shape index (κ1) is 20.9. The van der Waals surface area contributed by atoms with E-state index in [-0.39, 0.29) is 34.0 Å². The number of ether oxygens (including phenoxy) is 2. The summed E-state index contributed by atoms with van der Waals surface area (Å²) in [5.41, 5.74) is 0.166. The van der Waals surface area contributed by atoms with E-state index in [1.165, 1.54) is 12.1 Å². The van der Waals surface area contributed by atoms with Gasteiger partial charge in [-0.2, -0.15) is 5.26 Å². The Hall–Kier alpha value is -2.10. The summed E-state index contributed by atoms with van der Waals surface area (Å²) in [6, 6.07) is 4.70. The third-order valence-electron chi connectivity index (χ3n) is 2.82. The van der Waals surface area contributed by atoms with Crippen LogP contribution in [0.2, 0.25) is 10.0 Å². The molecule has 0 N–H and O–H groups in total. The van der Waals surface area contributed by atoms with Crippen LogP contribution in [0.15, 0.2) is 17.1 Å². The number of carbonyl (C=O) groups is 2. The molecule has 0 saturated carbocycles. The van der Waals surface area contributed by atoms with Crippen molar-refractivity contribution in [2.75, 3.05) is 6.61 Å². The third-order valence-corrected chi connectivity index (χ3v) is 3.52. The fraction of sp³-hybridized carbons (Fsp3) is 0.412. The monoisotopic (exact) mass is 384 g/mol. The van der Waals surface area contributed by atoms with E-state index in [2.05, 4.69) is 4.99 Å². The van der Waals surface area contributed by atoms with Crippen LogP contribution in [0.1, 0.15) is 37.6 Å². The molecule has 6 nitrogen and oxygen atoms in total. The predicted molar refractivity (Wildman–Crippen MR) is 95.5 cm³/mol. The quantitative estimate of drug-likeness (QED) is 0.514. The molecule has 1 aromatic rings. The van der Waals surface area contributed by atoms with Crippen LogP contribution in [0.3, 0.4) is 0 Å². The molecular weight excluding hydrogens is 367 g/mol. The number of aliphatic imine (C=N–C) groups is 1. The highest BCUT2D eigenvalue weighted by molar-refractivity contribution is 6.41. The number of halogens is 2. The van der Waals surface area contributed by atoms with Gasteiger partial charge in [-0.15, -0.1) is 0 Å². The molecule has 1 unspecified atom stereocenters. The second-order valence-electron chi connectivity index (χ2n) is 5.26. The summed E-state index contributed by atoms with van der Waals surface area (Å²) in [6.45, 7) is 5.45. The van der Waals surface area contributed by atoms with Crippen molar-refractivity contribution < 1.29 is 19.1 Å². The number of nitrogens with zero attached hydrogens (tertiary/aromatic N) is 2. The molecule has 0 aliphatic heterocycles. The summed E-state index contributed by atoms with van der Waals surface area (Å²) in [5.74, 6) is -2.55. The largest absolute Gasteiger partial charge is 0.464 e. The number of carbonyl (C=O) groups excluding carboxylic acids is 2. The van der Waals surface area contributed by atoms with Crippen LogP contribution >= 0.6 is 23.2 Å². The van der Waals surface area contributed by atoms with Crippen molar-refractivity contribution in [1.29, 1.82) is 5.26 Å². The number of nitriles is 1. The van der Waals surface area contributed by atoms with Gasteiger partial charge in [-0.1, -0.05) is 30.1 Å². The van der Waals surface area contributed by atoms with Gasteiger partial charge in [0.2, 0.25) is 0 Å². The van der Waals surface area contributed by atoms with Gasteiger partial charge in [0.05, 0.1) is 40.1 Å². The lowest BCUT2D eigenvalue weighted by Gasteiger charge is -2.11. The molecule has 0 bridgehead atoms. The van der Waals surface area contributed by atoms with Gasteiger partial charge >= 0.3 is 11.9 Å². The topological polar surface area (TPSA) is 88.8 Å². The Balaban J connectivity index is 3.08. The van der Waals surface area contributed by atoms with Crippen molar-refractivity contribution in [3.05, 3.63) is 27.7 Å². The van der Waals surface area contributed by atoms with Crippen LogP contribution in [-0.2, 0) is 14.3 Å². The van der Waals surface area contributed by atoms with Gasteiger partial charge in [0.25, 0.3) is 0 Å². The fourth-order valence-corrected chi connectivity index (χ4v) is 2.27. The van der Waals surface area contributed by atoms with Crippen molar-refractivity contribution >= 4 is 47.0 Å². The molecule has 0 amide bonds. The Morgan fingerprint density at radius 1 is 1.36 bits per heavy atom. The normalized spacial score (nSPS) is 12.0. The number of rotatable bonds is 7. The van der Waals surface area contributed by atoms with Crippen LogP contribution < -0.4 is 0 Å². The van der Waals surface area contributed by atoms with Gasteiger partial charge < -0.3 is 9.47 Å². The molecule has 0 saturated heterocycles. The fourth-order valence-electron chi connectivity index (χ4n) is 1.70. The van der Waals surface area contributed by atoms with Crippen LogP contribution in [0, 0.1) is 17.2 Å². The molecule has 0 aromatic heterocycles. The number of benzene rings is 1. The average molecular weight is 385 g/mol. The van der Waals surface area contributed by atoms with Crippen molar-refractivity contribution in [3.63, 3.8) is 0 Å². The highest BCUT2D eigenvalue weighted by atomic mass is 35.5. The van der Waals surface area contributed by atoms with E-state index < -0.39 is 17.9 Å². The van der Waals surface area contributed by atoms with Gasteiger partial charge in [-0.25, -0.2) is 4.79 Å². The minimum absolute atomic E-state index is 0.0197. The zero-order valence-electron chi connectivity index (χ0n) is 14.1. The molecule has 0 heterocycles. The first-order valence-corrected chi connectivity index (χ1v) is 8.36. The zero-order valence-corrected chi connectivity index (χ0v) is 15.6. The van der Waals surface area contributed by atoms with E-state index >= 15 is 0 Å². The maximum atomic E-state index is 12.1. The summed E-state index contributed by atoms with van der Waals surface area (Å²) in [5, 5.41) is 9.16. The maximum Gasteiger partial charge on any atom is 0.341 e. The molecule has 8 heteroatoms. The van der Waals surface area contributed by atoms with Crippen LogP contribution in [0.25, 0.3) is 0 Å². The molecule has 134 valence electrons. The lowest BCUT2D eigenvalue weighted by atomic mass is 10.1. The van der Waals surface area contributed by atoms with E-state index in [0.29, 0.717) is 6.42 Å². The molecule has 0 radical (unpaired) electrons. The van der Waals surface area contributed by atoms with Crippen LogP contribution in [0.5, 0.6) is 0 Å². The first-order valence-electron chi connectivity index (χ1n) is 7.61. The zero-order chi connectivity index (χ0) is 19.0. The molecule has 0 aliphatic rings. The summed E-state index contributed by atoms with van der Waals surface area (Å²) in [4.78, 5) is 27.8. The van der Waals surface area contributed by atoms with E-state index in [9.17, 15) is 9.59 Å². The molecule has 0 spiro atoms. The summed E-state index contributed by atoms with van der Waals surface area (Å²) >= 11 is 12.2. The van der Waals surface area contributed by atoms with Gasteiger partial charge in [0.15, 0.2) is 5.92 Å². The minimum atomic E-state index is -1.18. The predicted octanol–water partition coefficient (Wildman–Crippen LogP) is 4.35. The lowest BCUT2D eigenvalue weighted by molar-refractivity contribution is -0.144. The van der Waals surface area contributed by atoms with Gasteiger partial charge in [-0.05, 0) is 32.4 Å². The van der Waals surface area contributed by atoms with Gasteiger partial charge in [-0.3, -0.25) is 9.79 Å². The van der Waals surface area contributed by atoms with Crippen LogP contribution in [-0.4, -0.2) is 30.9 Å². The Morgan fingerprint density at radius 3 is 2.60 bits per heavy atom. The number of esters is 2. The van der Waals surface area contributed by atoms with Crippen molar-refractivity contribution in [1.82, 2.24) is 0 Å². The van der Waals surface area contributed by atoms with E-state index in [4.69, 9.17) is 37.9 Å². The molecule has 1 aromatic carbocycles. The van der Waals surface area contributed by atoms with Gasteiger partial charge in [0, 0.05) is 6.21 Å². The molecular formula is C17H18Cl2N2O4. The van der Waals surface area contributed by atoms with Gasteiger partial charge in [0.1, 0.15) is 0 Å². The highest BCUT2D eigenvalue weighted by Gasteiger charge is 2.21. The minimum Gasteiger partial charge on any atom is -0.464 e. The SMILES string of the molecule is CCCOC(=O)C(C#N)C=Nc1ccc(Cl)c(C(=O)OC(C)C)c1Cl. The summed E-state index contributed by atoms with van der Waals surface area (Å²) in [7, 11) is 0. The molecule has 0 aliphatic carbocycles. The maximum absolute atomic E-state index is 12.1.